The third-order valence-corrected chi connectivity index (χ3v) is 3.88. The van der Waals surface area contributed by atoms with Crippen LogP contribution in [0, 0.1) is 0 Å². The minimum atomic E-state index is -3.35. The van der Waals surface area contributed by atoms with Gasteiger partial charge in [-0.2, -0.15) is 0 Å². The standard InChI is InChI=1S/C8H8O3S2/c1-2-3-4-5-7-6-13(10,11)12-8(7)9/h2-6H,1H3. The van der Waals surface area contributed by atoms with E-state index >= 15 is 0 Å². The van der Waals surface area contributed by atoms with E-state index < -0.39 is 14.0 Å². The molecule has 70 valence electrons. The Hall–Kier alpha value is -0.810. The van der Waals surface area contributed by atoms with Crippen molar-refractivity contribution in [3.05, 3.63) is 35.3 Å². The summed E-state index contributed by atoms with van der Waals surface area (Å²) in [5.41, 5.74) is 0.225. The molecule has 0 atom stereocenters. The Bertz CT molecular complexity index is 399. The van der Waals surface area contributed by atoms with Crippen LogP contribution in [0.3, 0.4) is 0 Å². The molecule has 0 aromatic rings. The Morgan fingerprint density at radius 3 is 2.54 bits per heavy atom. The minimum Gasteiger partial charge on any atom is -0.280 e. The Morgan fingerprint density at radius 2 is 2.08 bits per heavy atom. The molecule has 3 nitrogen and oxygen atoms in total. The van der Waals surface area contributed by atoms with Gasteiger partial charge < -0.3 is 0 Å². The van der Waals surface area contributed by atoms with Crippen LogP contribution in [0.5, 0.6) is 0 Å². The lowest BCUT2D eigenvalue weighted by Crippen LogP contribution is -1.86. The maximum Gasteiger partial charge on any atom is 0.235 e. The van der Waals surface area contributed by atoms with Gasteiger partial charge in [-0.3, -0.25) is 4.79 Å². The van der Waals surface area contributed by atoms with Gasteiger partial charge in [-0.15, -0.1) is 0 Å². The van der Waals surface area contributed by atoms with Crippen LogP contribution in [-0.2, 0) is 13.7 Å². The van der Waals surface area contributed by atoms with Crippen LogP contribution in [0.4, 0.5) is 0 Å². The van der Waals surface area contributed by atoms with Gasteiger partial charge in [-0.05, 0) is 13.0 Å². The average molecular weight is 216 g/mol. The summed E-state index contributed by atoms with van der Waals surface area (Å²) in [4.78, 5) is 11.0. The monoisotopic (exact) mass is 216 g/mol. The first kappa shape index (κ1) is 10.3. The molecule has 0 saturated heterocycles. The van der Waals surface area contributed by atoms with Crippen molar-refractivity contribution < 1.29 is 13.2 Å². The molecular formula is C8H8O3S2. The fourth-order valence-corrected chi connectivity index (χ4v) is 3.19. The summed E-state index contributed by atoms with van der Waals surface area (Å²) < 4.78 is 21.8. The van der Waals surface area contributed by atoms with Gasteiger partial charge in [-0.25, -0.2) is 8.42 Å². The summed E-state index contributed by atoms with van der Waals surface area (Å²) in [5, 5.41) is 0.570. The normalized spacial score (nSPS) is 21.6. The quantitative estimate of drug-likeness (QED) is 0.519. The zero-order valence-electron chi connectivity index (χ0n) is 6.93. The first-order chi connectivity index (χ1) is 6.05. The minimum absolute atomic E-state index is 0.225. The van der Waals surface area contributed by atoms with Crippen molar-refractivity contribution in [1.29, 1.82) is 0 Å². The molecule has 13 heavy (non-hydrogen) atoms. The molecule has 5 heteroatoms. The van der Waals surface area contributed by atoms with Crippen LogP contribution in [-0.4, -0.2) is 13.5 Å². The topological polar surface area (TPSA) is 51.2 Å². The lowest BCUT2D eigenvalue weighted by molar-refractivity contribution is -0.107. The third kappa shape index (κ3) is 2.86. The van der Waals surface area contributed by atoms with Gasteiger partial charge in [0.1, 0.15) is 0 Å². The van der Waals surface area contributed by atoms with E-state index in [-0.39, 0.29) is 5.57 Å². The Labute approximate surface area is 80.5 Å². The van der Waals surface area contributed by atoms with Crippen LogP contribution in [0.1, 0.15) is 6.92 Å². The number of hydrogen-bond donors (Lipinski definition) is 0. The van der Waals surface area contributed by atoms with Crippen molar-refractivity contribution in [3.8, 4) is 0 Å². The van der Waals surface area contributed by atoms with E-state index in [0.717, 1.165) is 5.41 Å². The van der Waals surface area contributed by atoms with Gasteiger partial charge in [0.25, 0.3) is 0 Å². The number of carbonyl (C=O) groups is 1. The fourth-order valence-electron chi connectivity index (χ4n) is 0.759. The predicted molar refractivity (Wildman–Crippen MR) is 53.6 cm³/mol. The second-order valence-corrected chi connectivity index (χ2v) is 5.97. The zero-order chi connectivity index (χ0) is 9.90. The van der Waals surface area contributed by atoms with Crippen LogP contribution in [0.2, 0.25) is 0 Å². The molecule has 0 fully saturated rings. The molecule has 0 aromatic heterocycles. The molecule has 0 spiro atoms. The molecule has 0 unspecified atom stereocenters. The van der Waals surface area contributed by atoms with Crippen LogP contribution >= 0.6 is 10.8 Å². The second kappa shape index (κ2) is 3.93. The van der Waals surface area contributed by atoms with E-state index in [0.29, 0.717) is 10.8 Å². The lowest BCUT2D eigenvalue weighted by atomic mass is 10.3. The number of carbonyl (C=O) groups excluding carboxylic acids is 1. The highest BCUT2D eigenvalue weighted by Crippen LogP contribution is 2.29. The highest BCUT2D eigenvalue weighted by molar-refractivity contribution is 8.79. The maximum atomic E-state index is 11.0. The highest BCUT2D eigenvalue weighted by Gasteiger charge is 2.26. The van der Waals surface area contributed by atoms with E-state index in [9.17, 15) is 13.2 Å². The van der Waals surface area contributed by atoms with Crippen molar-refractivity contribution in [2.45, 2.75) is 6.92 Å². The summed E-state index contributed by atoms with van der Waals surface area (Å²) in [6.45, 7) is 1.83. The van der Waals surface area contributed by atoms with Gasteiger partial charge in [0, 0.05) is 5.57 Å². The second-order valence-electron chi connectivity index (χ2n) is 2.32. The molecule has 1 rings (SSSR count). The first-order valence-electron chi connectivity index (χ1n) is 3.55. The first-order valence-corrected chi connectivity index (χ1v) is 6.43. The smallest absolute Gasteiger partial charge is 0.235 e. The predicted octanol–water partition coefficient (Wildman–Crippen LogP) is 1.61. The van der Waals surface area contributed by atoms with E-state index in [1.165, 1.54) is 6.08 Å². The lowest BCUT2D eigenvalue weighted by Gasteiger charge is -1.83. The summed E-state index contributed by atoms with van der Waals surface area (Å²) in [7, 11) is -3.00. The molecule has 1 aliphatic rings. The highest BCUT2D eigenvalue weighted by atomic mass is 33.1. The number of hydrogen-bond acceptors (Lipinski definition) is 4. The van der Waals surface area contributed by atoms with Crippen molar-refractivity contribution in [3.63, 3.8) is 0 Å². The molecule has 0 bridgehead atoms. The third-order valence-electron chi connectivity index (χ3n) is 1.28. The maximum absolute atomic E-state index is 11.0. The number of allylic oxidation sites excluding steroid dienone is 4. The number of rotatable bonds is 2. The van der Waals surface area contributed by atoms with Gasteiger partial charge in [-0.1, -0.05) is 18.2 Å². The molecule has 1 aliphatic heterocycles. The summed E-state index contributed by atoms with van der Waals surface area (Å²) in [6, 6.07) is 0. The van der Waals surface area contributed by atoms with Crippen molar-refractivity contribution in [2.75, 3.05) is 0 Å². The van der Waals surface area contributed by atoms with E-state index in [4.69, 9.17) is 0 Å². The summed E-state index contributed by atoms with van der Waals surface area (Å²) in [5.74, 6) is 0. The average Bonchev–Trinajstić information content (AvgIpc) is 2.25. The van der Waals surface area contributed by atoms with Crippen molar-refractivity contribution in [2.24, 2.45) is 0 Å². The van der Waals surface area contributed by atoms with E-state index in [1.807, 2.05) is 6.92 Å². The fraction of sp³-hybridized carbons (Fsp3) is 0.125. The van der Waals surface area contributed by atoms with Crippen molar-refractivity contribution in [1.82, 2.24) is 0 Å². The van der Waals surface area contributed by atoms with Gasteiger partial charge in [0.15, 0.2) is 0 Å². The Balaban J connectivity index is 2.88. The van der Waals surface area contributed by atoms with Crippen molar-refractivity contribution >= 4 is 24.8 Å². The zero-order valence-corrected chi connectivity index (χ0v) is 8.56. The molecule has 0 amide bonds. The van der Waals surface area contributed by atoms with Crippen LogP contribution < -0.4 is 0 Å². The van der Waals surface area contributed by atoms with Gasteiger partial charge >= 0.3 is 0 Å². The van der Waals surface area contributed by atoms with Gasteiger partial charge in [0.05, 0.1) is 16.2 Å². The Kier molecular flexibility index (Phi) is 3.11. The molecule has 0 aliphatic carbocycles. The van der Waals surface area contributed by atoms with Crippen LogP contribution in [0.15, 0.2) is 35.3 Å². The Morgan fingerprint density at radius 1 is 1.38 bits per heavy atom. The van der Waals surface area contributed by atoms with E-state index in [1.54, 1.807) is 18.2 Å². The van der Waals surface area contributed by atoms with Gasteiger partial charge in [0.2, 0.25) is 14.0 Å². The molecule has 0 aromatic carbocycles. The summed E-state index contributed by atoms with van der Waals surface area (Å²) in [6.07, 6.45) is 6.63. The van der Waals surface area contributed by atoms with E-state index in [2.05, 4.69) is 0 Å². The molecule has 0 radical (unpaired) electrons. The summed E-state index contributed by atoms with van der Waals surface area (Å²) >= 11 is 0. The molecule has 1 heterocycles. The molecule has 0 N–H and O–H groups in total. The molecule has 0 saturated carbocycles. The van der Waals surface area contributed by atoms with Crippen LogP contribution in [0.25, 0.3) is 0 Å². The largest absolute Gasteiger partial charge is 0.280 e. The SMILES string of the molecule is CC=CC=CC1=CS(=O)(=O)SC1=O. The molecular weight excluding hydrogens is 208 g/mol.